The highest BCUT2D eigenvalue weighted by atomic mass is 16.4. The van der Waals surface area contributed by atoms with E-state index in [4.69, 9.17) is 5.21 Å². The summed E-state index contributed by atoms with van der Waals surface area (Å²) < 4.78 is 1.14. The van der Waals surface area contributed by atoms with Crippen LogP contribution < -0.4 is 11.2 Å². The van der Waals surface area contributed by atoms with Crippen molar-refractivity contribution in [2.45, 2.75) is 6.92 Å². The molecule has 0 fully saturated rings. The van der Waals surface area contributed by atoms with E-state index < -0.39 is 11.2 Å². The van der Waals surface area contributed by atoms with Gasteiger partial charge in [0.25, 0.3) is 5.56 Å². The average Bonchev–Trinajstić information content (AvgIpc) is 2.34. The number of rotatable bonds is 1. The molecule has 6 heteroatoms. The van der Waals surface area contributed by atoms with E-state index in [0.717, 1.165) is 4.57 Å². The molecule has 0 spiro atoms. The van der Waals surface area contributed by atoms with E-state index in [1.165, 1.54) is 6.07 Å². The fourth-order valence-electron chi connectivity index (χ4n) is 1.69. The van der Waals surface area contributed by atoms with E-state index >= 15 is 0 Å². The summed E-state index contributed by atoms with van der Waals surface area (Å²) in [5, 5.41) is 12.2. The lowest BCUT2D eigenvalue weighted by atomic mass is 10.2. The van der Waals surface area contributed by atoms with Gasteiger partial charge in [0, 0.05) is 17.3 Å². The van der Waals surface area contributed by atoms with Gasteiger partial charge in [-0.1, -0.05) is 35.5 Å². The van der Waals surface area contributed by atoms with E-state index in [1.807, 2.05) is 0 Å². The minimum atomic E-state index is -0.642. The summed E-state index contributed by atoms with van der Waals surface area (Å²) in [5.74, 6) is 0.0642. The van der Waals surface area contributed by atoms with Crippen LogP contribution in [-0.4, -0.2) is 20.6 Å². The van der Waals surface area contributed by atoms with Gasteiger partial charge in [0.15, 0.2) is 5.84 Å². The predicted octanol–water partition coefficient (Wildman–Crippen LogP) is 0.529. The minimum Gasteiger partial charge on any atom is -0.409 e. The van der Waals surface area contributed by atoms with Crippen LogP contribution in [0.2, 0.25) is 0 Å². The molecule has 0 aliphatic heterocycles. The Morgan fingerprint density at radius 3 is 2.50 bits per heavy atom. The molecule has 92 valence electrons. The van der Waals surface area contributed by atoms with Gasteiger partial charge >= 0.3 is 5.69 Å². The molecule has 0 aliphatic rings. The van der Waals surface area contributed by atoms with E-state index in [0.29, 0.717) is 11.3 Å². The normalized spacial score (nSPS) is 11.5. The molecule has 2 aromatic rings. The molecule has 0 aliphatic carbocycles. The first kappa shape index (κ1) is 11.8. The van der Waals surface area contributed by atoms with Gasteiger partial charge in [-0.15, -0.1) is 0 Å². The number of nitrogens with one attached hydrogen (secondary N) is 1. The summed E-state index contributed by atoms with van der Waals surface area (Å²) in [6.45, 7) is 1.59. The fourth-order valence-corrected chi connectivity index (χ4v) is 1.69. The van der Waals surface area contributed by atoms with Crippen LogP contribution >= 0.6 is 0 Å². The van der Waals surface area contributed by atoms with Gasteiger partial charge in [0.2, 0.25) is 0 Å². The van der Waals surface area contributed by atoms with Crippen LogP contribution in [0.1, 0.15) is 11.3 Å². The van der Waals surface area contributed by atoms with Crippen LogP contribution in [0.25, 0.3) is 0 Å². The van der Waals surface area contributed by atoms with Crippen molar-refractivity contribution in [3.8, 4) is 0 Å². The van der Waals surface area contributed by atoms with Crippen molar-refractivity contribution in [2.75, 3.05) is 0 Å². The lowest BCUT2D eigenvalue weighted by Crippen LogP contribution is -2.36. The topological polar surface area (TPSA) is 87.5 Å². The summed E-state index contributed by atoms with van der Waals surface area (Å²) >= 11 is 0. The molecule has 0 saturated heterocycles. The number of hydrogen-bond acceptors (Lipinski definition) is 4. The van der Waals surface area contributed by atoms with Gasteiger partial charge < -0.3 is 5.21 Å². The van der Waals surface area contributed by atoms with Crippen LogP contribution in [0.5, 0.6) is 0 Å². The maximum Gasteiger partial charge on any atom is 0.334 e. The van der Waals surface area contributed by atoms with Gasteiger partial charge in [-0.25, -0.2) is 9.36 Å². The predicted molar refractivity (Wildman–Crippen MR) is 66.2 cm³/mol. The molecule has 0 saturated carbocycles. The van der Waals surface area contributed by atoms with Crippen LogP contribution in [0, 0.1) is 6.92 Å². The van der Waals surface area contributed by atoms with Gasteiger partial charge in [-0.3, -0.25) is 9.78 Å². The van der Waals surface area contributed by atoms with Crippen molar-refractivity contribution in [1.82, 2.24) is 9.55 Å². The van der Waals surface area contributed by atoms with Crippen molar-refractivity contribution in [2.24, 2.45) is 5.16 Å². The highest BCUT2D eigenvalue weighted by Crippen LogP contribution is 2.03. The van der Waals surface area contributed by atoms with Gasteiger partial charge in [-0.05, 0) is 6.92 Å². The third-order valence-corrected chi connectivity index (χ3v) is 2.46. The molecule has 0 radical (unpaired) electrons. The van der Waals surface area contributed by atoms with E-state index in [2.05, 4.69) is 10.1 Å². The number of nitrogens with zero attached hydrogens (tertiary/aromatic N) is 2. The van der Waals surface area contributed by atoms with E-state index in [1.54, 1.807) is 37.3 Å². The third-order valence-electron chi connectivity index (χ3n) is 2.46. The summed E-state index contributed by atoms with van der Waals surface area (Å²) in [6, 6.07) is 9.98. The van der Waals surface area contributed by atoms with E-state index in [-0.39, 0.29) is 5.84 Å². The Labute approximate surface area is 102 Å². The Balaban J connectivity index is 2.69. The molecular weight excluding hydrogens is 234 g/mol. The standard InChI is InChI=1S/C12H11N3O3/c1-8-7-10(16)13-12(17)15(8)11(14-18)9-5-3-2-4-6-9/h2-7,18H,1H3,(H,13,16,17)/b14-11-. The Hall–Kier alpha value is -2.63. The zero-order valence-electron chi connectivity index (χ0n) is 9.62. The van der Waals surface area contributed by atoms with Crippen LogP contribution in [-0.2, 0) is 0 Å². The Morgan fingerprint density at radius 2 is 1.94 bits per heavy atom. The lowest BCUT2D eigenvalue weighted by Gasteiger charge is -2.10. The molecule has 0 unspecified atom stereocenters. The van der Waals surface area contributed by atoms with Crippen molar-refractivity contribution in [3.05, 3.63) is 68.5 Å². The summed E-state index contributed by atoms with van der Waals surface area (Å²) in [5.41, 5.74) is -0.173. The first-order valence-corrected chi connectivity index (χ1v) is 5.24. The Kier molecular flexibility index (Phi) is 3.09. The van der Waals surface area contributed by atoms with Gasteiger partial charge in [-0.2, -0.15) is 0 Å². The summed E-state index contributed by atoms with van der Waals surface area (Å²) in [6.07, 6.45) is 0. The monoisotopic (exact) mass is 245 g/mol. The SMILES string of the molecule is Cc1cc(=O)[nH]c(=O)n1/C(=N\O)c1ccccc1. The molecule has 2 rings (SSSR count). The number of aryl methyl sites for hydroxylation is 1. The minimum absolute atomic E-state index is 0.0642. The first-order valence-electron chi connectivity index (χ1n) is 5.24. The number of aromatic nitrogens is 2. The molecule has 1 heterocycles. The summed E-state index contributed by atoms with van der Waals surface area (Å²) in [4.78, 5) is 25.0. The molecule has 1 aromatic heterocycles. The third kappa shape index (κ3) is 2.08. The Bertz CT molecular complexity index is 698. The second-order valence-corrected chi connectivity index (χ2v) is 3.71. The van der Waals surface area contributed by atoms with E-state index in [9.17, 15) is 9.59 Å². The lowest BCUT2D eigenvalue weighted by molar-refractivity contribution is 0.317. The molecule has 6 nitrogen and oxygen atoms in total. The second kappa shape index (κ2) is 4.70. The molecule has 0 atom stereocenters. The largest absolute Gasteiger partial charge is 0.409 e. The molecule has 18 heavy (non-hydrogen) atoms. The van der Waals surface area contributed by atoms with Crippen molar-refractivity contribution in [3.63, 3.8) is 0 Å². The Morgan fingerprint density at radius 1 is 1.28 bits per heavy atom. The highest BCUT2D eigenvalue weighted by Gasteiger charge is 2.11. The smallest absolute Gasteiger partial charge is 0.334 e. The molecular formula is C12H11N3O3. The van der Waals surface area contributed by atoms with Crippen LogP contribution in [0.4, 0.5) is 0 Å². The van der Waals surface area contributed by atoms with Crippen molar-refractivity contribution in [1.29, 1.82) is 0 Å². The van der Waals surface area contributed by atoms with Crippen molar-refractivity contribution < 1.29 is 5.21 Å². The van der Waals surface area contributed by atoms with Gasteiger partial charge in [0.05, 0.1) is 0 Å². The zero-order valence-corrected chi connectivity index (χ0v) is 9.62. The number of aromatic amines is 1. The number of oxime groups is 1. The first-order chi connectivity index (χ1) is 8.63. The molecule has 2 N–H and O–H groups in total. The molecule has 1 aromatic carbocycles. The zero-order chi connectivity index (χ0) is 13.1. The average molecular weight is 245 g/mol. The number of H-pyrrole nitrogens is 1. The second-order valence-electron chi connectivity index (χ2n) is 3.71. The highest BCUT2D eigenvalue weighted by molar-refractivity contribution is 6.00. The number of benzene rings is 1. The molecule has 0 bridgehead atoms. The number of hydrogen-bond donors (Lipinski definition) is 2. The fraction of sp³-hybridized carbons (Fsp3) is 0.0833. The quantitative estimate of drug-likeness (QED) is 0.332. The van der Waals surface area contributed by atoms with Crippen molar-refractivity contribution >= 4 is 5.84 Å². The van der Waals surface area contributed by atoms with Crippen LogP contribution in [0.15, 0.2) is 51.1 Å². The van der Waals surface area contributed by atoms with Gasteiger partial charge in [0.1, 0.15) is 0 Å². The molecule has 0 amide bonds. The van der Waals surface area contributed by atoms with Crippen LogP contribution in [0.3, 0.4) is 0 Å². The summed E-state index contributed by atoms with van der Waals surface area (Å²) in [7, 11) is 0. The maximum atomic E-state index is 11.7. The maximum absolute atomic E-state index is 11.7.